The minimum Gasteiger partial charge on any atom is -0.313 e. The molecule has 2 nitrogen and oxygen atoms in total. The van der Waals surface area contributed by atoms with Crippen molar-refractivity contribution in [2.45, 2.75) is 13.3 Å². The Kier molecular flexibility index (Phi) is 3.11. The van der Waals surface area contributed by atoms with Crippen molar-refractivity contribution in [3.8, 4) is 11.1 Å². The van der Waals surface area contributed by atoms with Gasteiger partial charge in [-0.15, -0.1) is 0 Å². The quantitative estimate of drug-likeness (QED) is 0.654. The van der Waals surface area contributed by atoms with Crippen LogP contribution in [-0.4, -0.2) is 10.7 Å². The van der Waals surface area contributed by atoms with E-state index >= 15 is 0 Å². The Labute approximate surface area is 116 Å². The molecular weight excluding hydrogens is 253 g/mol. The zero-order valence-corrected chi connectivity index (χ0v) is 11.1. The molecule has 1 aromatic carbocycles. The SMILES string of the molecule is CCc1ccc2cc(-c3ccc(F)cc3)c(C=O)n2c1. The van der Waals surface area contributed by atoms with Crippen LogP contribution in [0.1, 0.15) is 23.0 Å². The predicted molar refractivity (Wildman–Crippen MR) is 77.6 cm³/mol. The van der Waals surface area contributed by atoms with Gasteiger partial charge in [0.2, 0.25) is 0 Å². The summed E-state index contributed by atoms with van der Waals surface area (Å²) in [6.45, 7) is 2.08. The van der Waals surface area contributed by atoms with Crippen LogP contribution >= 0.6 is 0 Å². The summed E-state index contributed by atoms with van der Waals surface area (Å²) in [6.07, 6.45) is 3.75. The second kappa shape index (κ2) is 4.93. The number of aldehydes is 1. The minimum atomic E-state index is -0.279. The van der Waals surface area contributed by atoms with E-state index in [2.05, 4.69) is 13.0 Å². The summed E-state index contributed by atoms with van der Waals surface area (Å²) in [4.78, 5) is 11.4. The third kappa shape index (κ3) is 2.01. The first-order chi connectivity index (χ1) is 9.72. The highest BCUT2D eigenvalue weighted by Crippen LogP contribution is 2.27. The van der Waals surface area contributed by atoms with Gasteiger partial charge < -0.3 is 4.40 Å². The Morgan fingerprint density at radius 1 is 1.15 bits per heavy atom. The highest BCUT2D eigenvalue weighted by molar-refractivity contribution is 5.89. The minimum absolute atomic E-state index is 0.279. The van der Waals surface area contributed by atoms with Gasteiger partial charge in [-0.05, 0) is 41.8 Å². The van der Waals surface area contributed by atoms with E-state index in [9.17, 15) is 9.18 Å². The Balaban J connectivity index is 2.25. The normalized spacial score (nSPS) is 10.9. The molecule has 0 spiro atoms. The number of fused-ring (bicyclic) bond motifs is 1. The standard InChI is InChI=1S/C17H14FNO/c1-2-12-3-8-15-9-16(17(11-20)19(15)10-12)13-4-6-14(18)7-5-13/h3-11H,2H2,1H3. The topological polar surface area (TPSA) is 21.5 Å². The van der Waals surface area contributed by atoms with Gasteiger partial charge in [-0.2, -0.15) is 0 Å². The van der Waals surface area contributed by atoms with E-state index in [1.807, 2.05) is 22.7 Å². The lowest BCUT2D eigenvalue weighted by Gasteiger charge is -2.02. The summed E-state index contributed by atoms with van der Waals surface area (Å²) < 4.78 is 14.9. The molecule has 0 aliphatic heterocycles. The second-order valence-electron chi connectivity index (χ2n) is 4.75. The summed E-state index contributed by atoms with van der Waals surface area (Å²) in [5, 5.41) is 0. The molecule has 3 heteroatoms. The van der Waals surface area contributed by atoms with E-state index < -0.39 is 0 Å². The number of aryl methyl sites for hydroxylation is 1. The molecule has 0 aliphatic carbocycles. The van der Waals surface area contributed by atoms with Crippen LogP contribution in [0.4, 0.5) is 4.39 Å². The summed E-state index contributed by atoms with van der Waals surface area (Å²) in [5.41, 5.74) is 4.40. The number of carbonyl (C=O) groups excluding carboxylic acids is 1. The first kappa shape index (κ1) is 12.6. The average Bonchev–Trinajstić information content (AvgIpc) is 2.85. The van der Waals surface area contributed by atoms with Gasteiger partial charge in [0.15, 0.2) is 6.29 Å². The van der Waals surface area contributed by atoms with Crippen molar-refractivity contribution in [3.05, 3.63) is 65.7 Å². The van der Waals surface area contributed by atoms with Crippen molar-refractivity contribution >= 4 is 11.8 Å². The van der Waals surface area contributed by atoms with Crippen molar-refractivity contribution in [1.82, 2.24) is 4.40 Å². The van der Waals surface area contributed by atoms with E-state index in [-0.39, 0.29) is 5.82 Å². The molecule has 20 heavy (non-hydrogen) atoms. The number of rotatable bonds is 3. The fourth-order valence-electron chi connectivity index (χ4n) is 2.42. The highest BCUT2D eigenvalue weighted by Gasteiger charge is 2.11. The van der Waals surface area contributed by atoms with Crippen LogP contribution in [0.15, 0.2) is 48.7 Å². The van der Waals surface area contributed by atoms with Gasteiger partial charge in [0.25, 0.3) is 0 Å². The van der Waals surface area contributed by atoms with E-state index in [1.165, 1.54) is 17.7 Å². The van der Waals surface area contributed by atoms with Crippen molar-refractivity contribution in [1.29, 1.82) is 0 Å². The zero-order valence-electron chi connectivity index (χ0n) is 11.1. The summed E-state index contributed by atoms with van der Waals surface area (Å²) in [7, 11) is 0. The number of halogens is 1. The molecular formula is C17H14FNO. The summed E-state index contributed by atoms with van der Waals surface area (Å²) >= 11 is 0. The van der Waals surface area contributed by atoms with E-state index in [0.29, 0.717) is 5.69 Å². The molecule has 0 saturated carbocycles. The van der Waals surface area contributed by atoms with Crippen LogP contribution < -0.4 is 0 Å². The molecule has 2 heterocycles. The van der Waals surface area contributed by atoms with Crippen molar-refractivity contribution in [2.75, 3.05) is 0 Å². The molecule has 0 bridgehead atoms. The number of hydrogen-bond acceptors (Lipinski definition) is 1. The Bertz CT molecular complexity index is 772. The van der Waals surface area contributed by atoms with Crippen LogP contribution in [0.5, 0.6) is 0 Å². The Hall–Kier alpha value is -2.42. The van der Waals surface area contributed by atoms with Gasteiger partial charge in [-0.25, -0.2) is 4.39 Å². The molecule has 0 radical (unpaired) electrons. The summed E-state index contributed by atoms with van der Waals surface area (Å²) in [5.74, 6) is -0.279. The second-order valence-corrected chi connectivity index (χ2v) is 4.75. The van der Waals surface area contributed by atoms with Gasteiger partial charge in [-0.3, -0.25) is 4.79 Å². The maximum absolute atomic E-state index is 13.0. The maximum Gasteiger partial charge on any atom is 0.167 e. The van der Waals surface area contributed by atoms with Gasteiger partial charge >= 0.3 is 0 Å². The van der Waals surface area contributed by atoms with Crippen LogP contribution in [0, 0.1) is 5.82 Å². The van der Waals surface area contributed by atoms with Crippen molar-refractivity contribution < 1.29 is 9.18 Å². The molecule has 100 valence electrons. The largest absolute Gasteiger partial charge is 0.313 e. The third-order valence-electron chi connectivity index (χ3n) is 3.54. The molecule has 2 aromatic heterocycles. The van der Waals surface area contributed by atoms with E-state index in [1.54, 1.807) is 12.1 Å². The molecule has 0 aliphatic rings. The highest BCUT2D eigenvalue weighted by atomic mass is 19.1. The van der Waals surface area contributed by atoms with Crippen LogP contribution in [-0.2, 0) is 6.42 Å². The number of carbonyl (C=O) groups is 1. The summed E-state index contributed by atoms with van der Waals surface area (Å²) in [6, 6.07) is 12.2. The number of hydrogen-bond donors (Lipinski definition) is 0. The monoisotopic (exact) mass is 267 g/mol. The fourth-order valence-corrected chi connectivity index (χ4v) is 2.42. The molecule has 0 saturated heterocycles. The third-order valence-corrected chi connectivity index (χ3v) is 3.54. The predicted octanol–water partition coefficient (Wildman–Crippen LogP) is 4.12. The number of pyridine rings is 1. The first-order valence-electron chi connectivity index (χ1n) is 6.58. The molecule has 3 aromatic rings. The van der Waals surface area contributed by atoms with Gasteiger partial charge in [0.1, 0.15) is 5.82 Å². The lowest BCUT2D eigenvalue weighted by molar-refractivity contribution is 0.111. The number of aromatic nitrogens is 1. The van der Waals surface area contributed by atoms with Gasteiger partial charge in [-0.1, -0.05) is 25.1 Å². The average molecular weight is 267 g/mol. The van der Waals surface area contributed by atoms with Gasteiger partial charge in [0, 0.05) is 17.3 Å². The van der Waals surface area contributed by atoms with Crippen LogP contribution in [0.2, 0.25) is 0 Å². The van der Waals surface area contributed by atoms with Crippen molar-refractivity contribution in [3.63, 3.8) is 0 Å². The lowest BCUT2D eigenvalue weighted by atomic mass is 10.1. The molecule has 0 unspecified atom stereocenters. The molecule has 0 amide bonds. The fraction of sp³-hybridized carbons (Fsp3) is 0.118. The lowest BCUT2D eigenvalue weighted by Crippen LogP contribution is -1.94. The van der Waals surface area contributed by atoms with E-state index in [0.717, 1.165) is 29.4 Å². The maximum atomic E-state index is 13.0. The van der Waals surface area contributed by atoms with Crippen LogP contribution in [0.25, 0.3) is 16.6 Å². The number of nitrogens with zero attached hydrogens (tertiary/aromatic N) is 1. The molecule has 0 atom stereocenters. The van der Waals surface area contributed by atoms with Crippen molar-refractivity contribution in [2.24, 2.45) is 0 Å². The zero-order chi connectivity index (χ0) is 14.1. The first-order valence-corrected chi connectivity index (χ1v) is 6.58. The van der Waals surface area contributed by atoms with Crippen LogP contribution in [0.3, 0.4) is 0 Å². The van der Waals surface area contributed by atoms with E-state index in [4.69, 9.17) is 0 Å². The molecule has 3 rings (SSSR count). The molecule has 0 N–H and O–H groups in total. The number of benzene rings is 1. The Morgan fingerprint density at radius 2 is 1.90 bits per heavy atom. The van der Waals surface area contributed by atoms with Gasteiger partial charge in [0.05, 0.1) is 5.69 Å². The smallest absolute Gasteiger partial charge is 0.167 e. The molecule has 0 fully saturated rings. The Morgan fingerprint density at radius 3 is 2.55 bits per heavy atom.